The zero-order chi connectivity index (χ0) is 15.0. The SMILES string of the molecule is Cn1cc(C(NC(=O)c2c[nH]c(=O)[nH]2)C2CC(O)C2)cn1. The van der Waals surface area contributed by atoms with Gasteiger partial charge < -0.3 is 20.4 Å². The van der Waals surface area contributed by atoms with Gasteiger partial charge in [0.25, 0.3) is 5.91 Å². The van der Waals surface area contributed by atoms with Crippen LogP contribution >= 0.6 is 0 Å². The summed E-state index contributed by atoms with van der Waals surface area (Å²) in [5.74, 6) is -0.192. The first-order chi connectivity index (χ1) is 10.0. The number of aliphatic hydroxyl groups excluding tert-OH is 1. The van der Waals surface area contributed by atoms with E-state index in [2.05, 4.69) is 20.4 Å². The first kappa shape index (κ1) is 13.6. The van der Waals surface area contributed by atoms with Crippen LogP contribution in [0.1, 0.15) is 34.9 Å². The third-order valence-corrected chi connectivity index (χ3v) is 3.83. The average molecular weight is 291 g/mol. The van der Waals surface area contributed by atoms with E-state index < -0.39 is 5.69 Å². The van der Waals surface area contributed by atoms with Crippen LogP contribution in [0.25, 0.3) is 0 Å². The topological polar surface area (TPSA) is 116 Å². The maximum absolute atomic E-state index is 12.2. The lowest BCUT2D eigenvalue weighted by Crippen LogP contribution is -2.41. The molecule has 1 fully saturated rings. The molecule has 0 aromatic carbocycles. The van der Waals surface area contributed by atoms with Crippen molar-refractivity contribution in [2.45, 2.75) is 25.0 Å². The van der Waals surface area contributed by atoms with Crippen molar-refractivity contribution >= 4 is 5.91 Å². The lowest BCUT2D eigenvalue weighted by Gasteiger charge is -2.37. The Morgan fingerprint density at radius 1 is 1.57 bits per heavy atom. The van der Waals surface area contributed by atoms with E-state index in [0.29, 0.717) is 12.8 Å². The molecule has 0 spiro atoms. The number of hydrogen-bond donors (Lipinski definition) is 4. The van der Waals surface area contributed by atoms with Crippen LogP contribution < -0.4 is 11.0 Å². The maximum Gasteiger partial charge on any atom is 0.323 e. The van der Waals surface area contributed by atoms with Gasteiger partial charge in [-0.2, -0.15) is 5.10 Å². The number of rotatable bonds is 4. The Labute approximate surface area is 120 Å². The fourth-order valence-corrected chi connectivity index (χ4v) is 2.65. The zero-order valence-electron chi connectivity index (χ0n) is 11.5. The Bertz CT molecular complexity index is 694. The number of nitrogens with one attached hydrogen (secondary N) is 3. The smallest absolute Gasteiger partial charge is 0.323 e. The van der Waals surface area contributed by atoms with Gasteiger partial charge in [-0.15, -0.1) is 0 Å². The Balaban J connectivity index is 1.79. The van der Waals surface area contributed by atoms with Crippen molar-refractivity contribution in [2.24, 2.45) is 13.0 Å². The Hall–Kier alpha value is -2.35. The largest absolute Gasteiger partial charge is 0.393 e. The summed E-state index contributed by atoms with van der Waals surface area (Å²) in [6.07, 6.45) is 5.86. The van der Waals surface area contributed by atoms with Gasteiger partial charge in [0.2, 0.25) is 0 Å². The molecule has 1 atom stereocenters. The molecule has 0 saturated heterocycles. The van der Waals surface area contributed by atoms with Gasteiger partial charge in [0.05, 0.1) is 18.3 Å². The fraction of sp³-hybridized carbons (Fsp3) is 0.462. The molecule has 4 N–H and O–H groups in total. The number of hydrogen-bond acceptors (Lipinski definition) is 4. The molecule has 8 nitrogen and oxygen atoms in total. The second-order valence-corrected chi connectivity index (χ2v) is 5.44. The second kappa shape index (κ2) is 5.21. The lowest BCUT2D eigenvalue weighted by molar-refractivity contribution is 0.0234. The second-order valence-electron chi connectivity index (χ2n) is 5.44. The molecule has 8 heteroatoms. The van der Waals surface area contributed by atoms with Gasteiger partial charge in [0.15, 0.2) is 0 Å². The third kappa shape index (κ3) is 2.75. The number of amides is 1. The Morgan fingerprint density at radius 3 is 2.86 bits per heavy atom. The monoisotopic (exact) mass is 291 g/mol. The quantitative estimate of drug-likeness (QED) is 0.617. The zero-order valence-corrected chi connectivity index (χ0v) is 11.5. The molecule has 21 heavy (non-hydrogen) atoms. The van der Waals surface area contributed by atoms with Gasteiger partial charge in [-0.05, 0) is 18.8 Å². The van der Waals surface area contributed by atoms with E-state index in [1.54, 1.807) is 10.9 Å². The van der Waals surface area contributed by atoms with E-state index in [4.69, 9.17) is 0 Å². The van der Waals surface area contributed by atoms with Crippen molar-refractivity contribution in [2.75, 3.05) is 0 Å². The summed E-state index contributed by atoms with van der Waals surface area (Å²) in [5, 5.41) is 16.5. The van der Waals surface area contributed by atoms with Gasteiger partial charge >= 0.3 is 5.69 Å². The molecule has 1 unspecified atom stereocenters. The van der Waals surface area contributed by atoms with Crippen LogP contribution in [0.3, 0.4) is 0 Å². The van der Waals surface area contributed by atoms with Crippen molar-refractivity contribution in [3.63, 3.8) is 0 Å². The van der Waals surface area contributed by atoms with Gasteiger partial charge in [0.1, 0.15) is 5.69 Å². The van der Waals surface area contributed by atoms with Crippen LogP contribution in [0, 0.1) is 5.92 Å². The molecular formula is C13H17N5O3. The van der Waals surface area contributed by atoms with Crippen LogP contribution in [0.2, 0.25) is 0 Å². The van der Waals surface area contributed by atoms with Crippen molar-refractivity contribution < 1.29 is 9.90 Å². The van der Waals surface area contributed by atoms with Crippen molar-refractivity contribution in [1.29, 1.82) is 0 Å². The molecule has 112 valence electrons. The summed E-state index contributed by atoms with van der Waals surface area (Å²) in [6.45, 7) is 0. The molecule has 1 amide bonds. The molecule has 0 bridgehead atoms. The molecule has 1 aliphatic carbocycles. The minimum absolute atomic E-state index is 0.166. The van der Waals surface area contributed by atoms with Crippen LogP contribution in [0.5, 0.6) is 0 Å². The third-order valence-electron chi connectivity index (χ3n) is 3.83. The predicted molar refractivity (Wildman–Crippen MR) is 73.6 cm³/mol. The van der Waals surface area contributed by atoms with Gasteiger partial charge in [-0.1, -0.05) is 0 Å². The minimum atomic E-state index is -0.419. The number of aromatic nitrogens is 4. The predicted octanol–water partition coefficient (Wildman–Crippen LogP) is -0.322. The standard InChI is InChI=1S/C13H17N5O3/c1-18-6-8(4-15-18)11(7-2-9(19)3-7)17-12(20)10-5-14-13(21)16-10/h4-7,9,11,19H,2-3H2,1H3,(H,17,20)(H2,14,16,21). The number of aliphatic hydroxyl groups is 1. The van der Waals surface area contributed by atoms with E-state index in [-0.39, 0.29) is 29.7 Å². The highest BCUT2D eigenvalue weighted by Crippen LogP contribution is 2.38. The summed E-state index contributed by atoms with van der Waals surface area (Å²) >= 11 is 0. The molecule has 0 aliphatic heterocycles. The molecule has 1 saturated carbocycles. The van der Waals surface area contributed by atoms with E-state index in [1.807, 2.05) is 13.2 Å². The average Bonchev–Trinajstić information content (AvgIpc) is 3.01. The van der Waals surface area contributed by atoms with Crippen molar-refractivity contribution in [1.82, 2.24) is 25.1 Å². The fourth-order valence-electron chi connectivity index (χ4n) is 2.65. The van der Waals surface area contributed by atoms with Gasteiger partial charge in [-0.25, -0.2) is 4.79 Å². The van der Waals surface area contributed by atoms with Crippen LogP contribution in [-0.2, 0) is 7.05 Å². The molecule has 2 aromatic rings. The van der Waals surface area contributed by atoms with Gasteiger partial charge in [0, 0.05) is 25.0 Å². The Kier molecular flexibility index (Phi) is 3.38. The number of imidazole rings is 1. The normalized spacial score (nSPS) is 22.6. The number of aromatic amines is 2. The van der Waals surface area contributed by atoms with Crippen molar-refractivity contribution in [3.05, 3.63) is 40.3 Å². The maximum atomic E-state index is 12.2. The van der Waals surface area contributed by atoms with E-state index >= 15 is 0 Å². The van der Waals surface area contributed by atoms with E-state index in [0.717, 1.165) is 5.56 Å². The molecule has 1 aliphatic rings. The molecule has 2 aromatic heterocycles. The molecular weight excluding hydrogens is 274 g/mol. The van der Waals surface area contributed by atoms with Crippen molar-refractivity contribution in [3.8, 4) is 0 Å². The highest BCUT2D eigenvalue weighted by Gasteiger charge is 2.36. The summed E-state index contributed by atoms with van der Waals surface area (Å²) in [4.78, 5) is 28.1. The highest BCUT2D eigenvalue weighted by molar-refractivity contribution is 5.92. The lowest BCUT2D eigenvalue weighted by atomic mass is 9.75. The van der Waals surface area contributed by atoms with Crippen LogP contribution in [0.15, 0.2) is 23.4 Å². The summed E-state index contributed by atoms with van der Waals surface area (Å²) in [7, 11) is 1.81. The number of carbonyl (C=O) groups is 1. The number of nitrogens with zero attached hydrogens (tertiary/aromatic N) is 2. The van der Waals surface area contributed by atoms with E-state index in [9.17, 15) is 14.7 Å². The Morgan fingerprint density at radius 2 is 2.33 bits per heavy atom. The first-order valence-corrected chi connectivity index (χ1v) is 6.78. The number of aryl methyl sites for hydroxylation is 1. The molecule has 3 rings (SSSR count). The number of carbonyl (C=O) groups excluding carboxylic acids is 1. The van der Waals surface area contributed by atoms with Gasteiger partial charge in [-0.3, -0.25) is 9.48 Å². The number of H-pyrrole nitrogens is 2. The first-order valence-electron chi connectivity index (χ1n) is 6.78. The molecule has 2 heterocycles. The van der Waals surface area contributed by atoms with E-state index in [1.165, 1.54) is 6.20 Å². The summed E-state index contributed by atoms with van der Waals surface area (Å²) in [5.41, 5.74) is 0.659. The highest BCUT2D eigenvalue weighted by atomic mass is 16.3. The van der Waals surface area contributed by atoms with Crippen LogP contribution in [-0.4, -0.2) is 36.9 Å². The molecule has 0 radical (unpaired) electrons. The minimum Gasteiger partial charge on any atom is -0.393 e. The van der Waals surface area contributed by atoms with Crippen LogP contribution in [0.4, 0.5) is 0 Å². The summed E-state index contributed by atoms with van der Waals surface area (Å²) in [6, 6.07) is -0.229. The summed E-state index contributed by atoms with van der Waals surface area (Å²) < 4.78 is 1.67.